The van der Waals surface area contributed by atoms with E-state index in [0.717, 1.165) is 0 Å². The van der Waals surface area contributed by atoms with Gasteiger partial charge < -0.3 is 5.73 Å². The van der Waals surface area contributed by atoms with Crippen molar-refractivity contribution in [2.75, 3.05) is 17.2 Å². The maximum Gasteiger partial charge on any atom is 0.246 e. The van der Waals surface area contributed by atoms with Gasteiger partial charge in [0.05, 0.1) is 17.2 Å². The molecule has 1 aromatic rings. The van der Waals surface area contributed by atoms with Gasteiger partial charge in [0.15, 0.2) is 5.82 Å². The van der Waals surface area contributed by atoms with E-state index in [1.54, 1.807) is 14.0 Å². The van der Waals surface area contributed by atoms with Crippen molar-refractivity contribution in [1.29, 1.82) is 0 Å². The Labute approximate surface area is 118 Å². The highest BCUT2D eigenvalue weighted by Gasteiger charge is 2.30. The summed E-state index contributed by atoms with van der Waals surface area (Å²) in [6, 6.07) is -0.387. The number of aryl methyl sites for hydroxylation is 1. The lowest BCUT2D eigenvalue weighted by Gasteiger charge is -2.22. The molecule has 1 fully saturated rings. The van der Waals surface area contributed by atoms with Crippen LogP contribution in [0.5, 0.6) is 0 Å². The largest absolute Gasteiger partial charge is 0.381 e. The molecule has 0 bridgehead atoms. The Hall–Kier alpha value is -1.13. The molecule has 0 radical (unpaired) electrons. The van der Waals surface area contributed by atoms with Crippen molar-refractivity contribution < 1.29 is 16.8 Å². The highest BCUT2D eigenvalue weighted by Crippen LogP contribution is 2.23. The van der Waals surface area contributed by atoms with Gasteiger partial charge >= 0.3 is 0 Å². The topological polar surface area (TPSA) is 124 Å². The van der Waals surface area contributed by atoms with E-state index in [1.165, 1.54) is 4.68 Å². The third-order valence-electron chi connectivity index (χ3n) is 3.45. The summed E-state index contributed by atoms with van der Waals surface area (Å²) in [5.41, 5.74) is 6.07. The van der Waals surface area contributed by atoms with E-state index in [0.29, 0.717) is 5.69 Å². The summed E-state index contributed by atoms with van der Waals surface area (Å²) >= 11 is 0. The Morgan fingerprint density at radius 2 is 1.90 bits per heavy atom. The minimum Gasteiger partial charge on any atom is -0.381 e. The molecular weight excluding hydrogens is 304 g/mol. The van der Waals surface area contributed by atoms with E-state index in [-0.39, 0.29) is 41.1 Å². The molecule has 0 atom stereocenters. The molecule has 8 nitrogen and oxygen atoms in total. The molecule has 1 aliphatic rings. The van der Waals surface area contributed by atoms with Crippen LogP contribution < -0.4 is 10.5 Å². The Kier molecular flexibility index (Phi) is 3.82. The lowest BCUT2D eigenvalue weighted by molar-refractivity contribution is 0.505. The Bertz CT molecular complexity index is 707. The molecule has 0 unspecified atom stereocenters. The van der Waals surface area contributed by atoms with Crippen molar-refractivity contribution in [1.82, 2.24) is 14.5 Å². The third-order valence-corrected chi connectivity index (χ3v) is 6.85. The van der Waals surface area contributed by atoms with Gasteiger partial charge in [0, 0.05) is 13.1 Å². The maximum absolute atomic E-state index is 12.3. The number of nitrogens with one attached hydrogen (secondary N) is 1. The van der Waals surface area contributed by atoms with Gasteiger partial charge in [-0.25, -0.2) is 21.6 Å². The number of anilines is 1. The van der Waals surface area contributed by atoms with E-state index in [4.69, 9.17) is 5.73 Å². The Morgan fingerprint density at radius 3 is 2.35 bits per heavy atom. The molecule has 0 aliphatic carbocycles. The average molecular weight is 322 g/mol. The maximum atomic E-state index is 12.3. The molecule has 114 valence electrons. The molecule has 2 heterocycles. The molecule has 0 amide bonds. The van der Waals surface area contributed by atoms with Crippen LogP contribution in [0.3, 0.4) is 0 Å². The molecule has 1 saturated heterocycles. The quantitative estimate of drug-likeness (QED) is 0.748. The van der Waals surface area contributed by atoms with Crippen molar-refractivity contribution in [3.63, 3.8) is 0 Å². The molecule has 20 heavy (non-hydrogen) atoms. The fourth-order valence-corrected chi connectivity index (χ4v) is 5.35. The van der Waals surface area contributed by atoms with Crippen molar-refractivity contribution in [2.45, 2.75) is 30.7 Å². The van der Waals surface area contributed by atoms with Gasteiger partial charge in [-0.3, -0.25) is 4.68 Å². The number of nitrogens with zero attached hydrogens (tertiary/aromatic N) is 2. The summed E-state index contributed by atoms with van der Waals surface area (Å²) in [4.78, 5) is -0.0339. The van der Waals surface area contributed by atoms with E-state index in [2.05, 4.69) is 9.82 Å². The predicted octanol–water partition coefficient (Wildman–Crippen LogP) is -0.834. The van der Waals surface area contributed by atoms with Crippen LogP contribution >= 0.6 is 0 Å². The lowest BCUT2D eigenvalue weighted by atomic mass is 10.2. The number of hydrogen-bond donors (Lipinski definition) is 2. The minimum atomic E-state index is -3.79. The highest BCUT2D eigenvalue weighted by molar-refractivity contribution is 7.91. The van der Waals surface area contributed by atoms with Gasteiger partial charge in [0.2, 0.25) is 10.0 Å². The first-order chi connectivity index (χ1) is 9.12. The Balaban J connectivity index is 2.20. The number of sulfonamides is 1. The SMILES string of the molecule is Cc1c(S(=O)(=O)NC2CCS(=O)(=O)CC2)c(N)nn1C. The molecule has 3 N–H and O–H groups in total. The van der Waals surface area contributed by atoms with Crippen molar-refractivity contribution in [3.8, 4) is 0 Å². The van der Waals surface area contributed by atoms with Crippen LogP contribution in [0.2, 0.25) is 0 Å². The van der Waals surface area contributed by atoms with Crippen LogP contribution in [0.25, 0.3) is 0 Å². The number of aromatic nitrogens is 2. The number of sulfone groups is 1. The standard InChI is InChI=1S/C10H18N4O4S2/c1-7-9(10(11)12-14(7)2)20(17,18)13-8-3-5-19(15,16)6-4-8/h8,13H,3-6H2,1-2H3,(H2,11,12). The Morgan fingerprint density at radius 1 is 1.35 bits per heavy atom. The lowest BCUT2D eigenvalue weighted by Crippen LogP contribution is -2.41. The van der Waals surface area contributed by atoms with Gasteiger partial charge in [0.25, 0.3) is 0 Å². The van der Waals surface area contributed by atoms with Gasteiger partial charge in [-0.2, -0.15) is 5.10 Å². The van der Waals surface area contributed by atoms with Crippen LogP contribution in [0.1, 0.15) is 18.5 Å². The van der Waals surface area contributed by atoms with E-state index >= 15 is 0 Å². The summed E-state index contributed by atoms with van der Waals surface area (Å²) in [6.07, 6.45) is 0.557. The van der Waals surface area contributed by atoms with Crippen LogP contribution in [0, 0.1) is 6.92 Å². The van der Waals surface area contributed by atoms with Crippen LogP contribution in [-0.4, -0.2) is 44.2 Å². The molecule has 0 spiro atoms. The first-order valence-electron chi connectivity index (χ1n) is 6.14. The molecule has 0 saturated carbocycles. The summed E-state index contributed by atoms with van der Waals surface area (Å²) in [5, 5.41) is 3.87. The zero-order valence-electron chi connectivity index (χ0n) is 11.3. The number of nitrogen functional groups attached to an aromatic ring is 1. The summed E-state index contributed by atoms with van der Waals surface area (Å²) in [7, 11) is -5.21. The second kappa shape index (κ2) is 5.01. The highest BCUT2D eigenvalue weighted by atomic mass is 32.2. The third kappa shape index (κ3) is 2.96. The molecule has 1 aromatic heterocycles. The molecule has 10 heteroatoms. The second-order valence-electron chi connectivity index (χ2n) is 4.97. The van der Waals surface area contributed by atoms with Gasteiger partial charge in [-0.1, -0.05) is 0 Å². The van der Waals surface area contributed by atoms with Gasteiger partial charge in [-0.15, -0.1) is 0 Å². The van der Waals surface area contributed by atoms with E-state index in [1.807, 2.05) is 0 Å². The van der Waals surface area contributed by atoms with Crippen LogP contribution in [-0.2, 0) is 26.9 Å². The smallest absolute Gasteiger partial charge is 0.246 e. The molecular formula is C10H18N4O4S2. The van der Waals surface area contributed by atoms with Crippen LogP contribution in [0.4, 0.5) is 5.82 Å². The zero-order valence-corrected chi connectivity index (χ0v) is 13.0. The van der Waals surface area contributed by atoms with Crippen molar-refractivity contribution in [3.05, 3.63) is 5.69 Å². The number of hydrogen-bond acceptors (Lipinski definition) is 6. The summed E-state index contributed by atoms with van der Waals surface area (Å²) < 4.78 is 51.2. The van der Waals surface area contributed by atoms with E-state index < -0.39 is 19.9 Å². The summed E-state index contributed by atoms with van der Waals surface area (Å²) in [5.74, 6) is -0.0513. The first-order valence-corrected chi connectivity index (χ1v) is 9.45. The zero-order chi connectivity index (χ0) is 15.1. The number of nitrogens with two attached hydrogens (primary N) is 1. The molecule has 0 aromatic carbocycles. The normalized spacial score (nSPS) is 20.1. The molecule has 1 aliphatic heterocycles. The van der Waals surface area contributed by atoms with Gasteiger partial charge in [-0.05, 0) is 19.8 Å². The summed E-state index contributed by atoms with van der Waals surface area (Å²) in [6.45, 7) is 1.61. The average Bonchev–Trinajstić information content (AvgIpc) is 2.56. The fraction of sp³-hybridized carbons (Fsp3) is 0.700. The first kappa shape index (κ1) is 15.3. The van der Waals surface area contributed by atoms with Crippen LogP contribution in [0.15, 0.2) is 4.90 Å². The molecule has 2 rings (SSSR count). The van der Waals surface area contributed by atoms with Gasteiger partial charge in [0.1, 0.15) is 14.7 Å². The predicted molar refractivity (Wildman–Crippen MR) is 74.4 cm³/mol. The minimum absolute atomic E-state index is 0.00168. The van der Waals surface area contributed by atoms with Crippen molar-refractivity contribution in [2.24, 2.45) is 7.05 Å². The van der Waals surface area contributed by atoms with Crippen molar-refractivity contribution >= 4 is 25.7 Å². The fourth-order valence-electron chi connectivity index (χ4n) is 2.23. The van der Waals surface area contributed by atoms with E-state index in [9.17, 15) is 16.8 Å². The monoisotopic (exact) mass is 322 g/mol. The number of rotatable bonds is 3. The second-order valence-corrected chi connectivity index (χ2v) is 8.93.